The molecule has 1 saturated carbocycles. The first-order valence-electron chi connectivity index (χ1n) is 7.98. The number of benzene rings is 1. The molecule has 0 N–H and O–H groups in total. The summed E-state index contributed by atoms with van der Waals surface area (Å²) in [6.07, 6.45) is 2.72. The van der Waals surface area contributed by atoms with Gasteiger partial charge in [0.05, 0.1) is 12.2 Å². The van der Waals surface area contributed by atoms with Crippen molar-refractivity contribution >= 4 is 0 Å². The topological polar surface area (TPSA) is 12.5 Å². The molecule has 1 fully saturated rings. The third kappa shape index (κ3) is 4.90. The zero-order chi connectivity index (χ0) is 16.0. The Morgan fingerprint density at radius 1 is 1.14 bits per heavy atom. The van der Waals surface area contributed by atoms with Gasteiger partial charge in [0.25, 0.3) is 0 Å². The van der Waals surface area contributed by atoms with Crippen molar-refractivity contribution < 1.29 is 17.9 Å². The number of nitrogens with zero attached hydrogens (tertiary/aromatic N) is 1. The monoisotopic (exact) mass is 315 g/mol. The molecule has 1 aromatic carbocycles. The van der Waals surface area contributed by atoms with Gasteiger partial charge < -0.3 is 9.64 Å². The smallest absolute Gasteiger partial charge is 0.419 e. The first-order valence-corrected chi connectivity index (χ1v) is 7.98. The van der Waals surface area contributed by atoms with Crippen LogP contribution < -0.4 is 4.74 Å². The average molecular weight is 315 g/mol. The van der Waals surface area contributed by atoms with Crippen LogP contribution in [0, 0.1) is 0 Å². The van der Waals surface area contributed by atoms with Crippen LogP contribution in [0.3, 0.4) is 0 Å². The van der Waals surface area contributed by atoms with Gasteiger partial charge in [-0.2, -0.15) is 13.2 Å². The Kier molecular flexibility index (Phi) is 6.12. The highest BCUT2D eigenvalue weighted by molar-refractivity contribution is 5.35. The van der Waals surface area contributed by atoms with Gasteiger partial charge in [-0.25, -0.2) is 0 Å². The Morgan fingerprint density at radius 3 is 2.50 bits per heavy atom. The minimum Gasteiger partial charge on any atom is -0.493 e. The molecular weight excluding hydrogens is 291 g/mol. The van der Waals surface area contributed by atoms with E-state index in [1.807, 2.05) is 0 Å². The van der Waals surface area contributed by atoms with Crippen LogP contribution in [-0.4, -0.2) is 31.1 Å². The molecule has 2 rings (SSSR count). The summed E-state index contributed by atoms with van der Waals surface area (Å²) in [5.41, 5.74) is -0.698. The van der Waals surface area contributed by atoms with E-state index >= 15 is 0 Å². The van der Waals surface area contributed by atoms with Crippen LogP contribution in [0.25, 0.3) is 0 Å². The molecule has 22 heavy (non-hydrogen) atoms. The highest BCUT2D eigenvalue weighted by Gasteiger charge is 2.33. The maximum absolute atomic E-state index is 12.8. The van der Waals surface area contributed by atoms with Gasteiger partial charge >= 0.3 is 6.18 Å². The van der Waals surface area contributed by atoms with Gasteiger partial charge in [-0.3, -0.25) is 0 Å². The first-order chi connectivity index (χ1) is 10.5. The van der Waals surface area contributed by atoms with Crippen molar-refractivity contribution in [3.63, 3.8) is 0 Å². The largest absolute Gasteiger partial charge is 0.493 e. The number of para-hydroxylation sites is 1. The van der Waals surface area contributed by atoms with Gasteiger partial charge in [0.15, 0.2) is 0 Å². The second kappa shape index (κ2) is 7.86. The molecule has 0 heterocycles. The number of hydrogen-bond acceptors (Lipinski definition) is 2. The zero-order valence-corrected chi connectivity index (χ0v) is 13.0. The Morgan fingerprint density at radius 2 is 1.82 bits per heavy atom. The van der Waals surface area contributed by atoms with E-state index in [0.717, 1.165) is 19.0 Å². The number of hydrogen-bond donors (Lipinski definition) is 0. The minimum absolute atomic E-state index is 0.0738. The molecule has 0 bridgehead atoms. The van der Waals surface area contributed by atoms with E-state index in [0.29, 0.717) is 12.6 Å². The highest BCUT2D eigenvalue weighted by atomic mass is 19.4. The zero-order valence-electron chi connectivity index (χ0n) is 13.0. The fourth-order valence-corrected chi connectivity index (χ4v) is 3.03. The lowest BCUT2D eigenvalue weighted by molar-refractivity contribution is -0.138. The van der Waals surface area contributed by atoms with Crippen LogP contribution >= 0.6 is 0 Å². The van der Waals surface area contributed by atoms with Crippen molar-refractivity contribution in [2.24, 2.45) is 0 Å². The Hall–Kier alpha value is -1.23. The summed E-state index contributed by atoms with van der Waals surface area (Å²) in [6, 6.07) is 6.01. The van der Waals surface area contributed by atoms with Crippen LogP contribution in [0.15, 0.2) is 24.3 Å². The Balaban J connectivity index is 1.77. The lowest BCUT2D eigenvalue weighted by Crippen LogP contribution is -2.34. The molecule has 0 aliphatic heterocycles. The van der Waals surface area contributed by atoms with Crippen LogP contribution in [-0.2, 0) is 6.18 Å². The number of rotatable bonds is 6. The number of alkyl halides is 3. The Bertz CT molecular complexity index is 455. The maximum Gasteiger partial charge on any atom is 0.419 e. The van der Waals surface area contributed by atoms with Gasteiger partial charge in [0.1, 0.15) is 5.75 Å². The summed E-state index contributed by atoms with van der Waals surface area (Å²) < 4.78 is 43.9. The summed E-state index contributed by atoms with van der Waals surface area (Å²) in [5.74, 6) is -0.0738. The molecule has 0 atom stereocenters. The molecule has 2 nitrogen and oxygen atoms in total. The van der Waals surface area contributed by atoms with Crippen LogP contribution in [0.4, 0.5) is 13.2 Å². The SMILES string of the molecule is CN(CCCOc1ccccc1C(F)(F)F)C1CCCCC1. The van der Waals surface area contributed by atoms with E-state index in [1.54, 1.807) is 6.07 Å². The van der Waals surface area contributed by atoms with Crippen molar-refractivity contribution in [3.05, 3.63) is 29.8 Å². The van der Waals surface area contributed by atoms with Crippen molar-refractivity contribution in [2.45, 2.75) is 50.7 Å². The summed E-state index contributed by atoms with van der Waals surface area (Å²) in [6.45, 7) is 1.17. The molecule has 0 aromatic heterocycles. The van der Waals surface area contributed by atoms with Crippen molar-refractivity contribution in [3.8, 4) is 5.75 Å². The predicted molar refractivity (Wildman–Crippen MR) is 81.1 cm³/mol. The van der Waals surface area contributed by atoms with Crippen molar-refractivity contribution in [1.29, 1.82) is 0 Å². The van der Waals surface area contributed by atoms with Crippen molar-refractivity contribution in [2.75, 3.05) is 20.2 Å². The molecular formula is C17H24F3NO. The molecule has 0 spiro atoms. The minimum atomic E-state index is -4.37. The third-order valence-corrected chi connectivity index (χ3v) is 4.30. The van der Waals surface area contributed by atoms with E-state index in [1.165, 1.54) is 44.2 Å². The highest BCUT2D eigenvalue weighted by Crippen LogP contribution is 2.35. The molecule has 0 saturated heterocycles. The fraction of sp³-hybridized carbons (Fsp3) is 0.647. The molecule has 1 aliphatic rings. The van der Waals surface area contributed by atoms with Crippen LogP contribution in [0.2, 0.25) is 0 Å². The molecule has 124 valence electrons. The predicted octanol–water partition coefficient (Wildman–Crippen LogP) is 4.74. The fourth-order valence-electron chi connectivity index (χ4n) is 3.03. The average Bonchev–Trinajstić information content (AvgIpc) is 2.51. The molecule has 0 radical (unpaired) electrons. The molecule has 5 heteroatoms. The van der Waals surface area contributed by atoms with Gasteiger partial charge in [-0.15, -0.1) is 0 Å². The van der Waals surface area contributed by atoms with Gasteiger partial charge in [0.2, 0.25) is 0 Å². The summed E-state index contributed by atoms with van der Waals surface area (Å²) in [5, 5.41) is 0. The first kappa shape index (κ1) is 17.1. The molecule has 1 aliphatic carbocycles. The third-order valence-electron chi connectivity index (χ3n) is 4.30. The summed E-state index contributed by atoms with van der Waals surface area (Å²) in [4.78, 5) is 2.32. The second-order valence-corrected chi connectivity index (χ2v) is 5.97. The van der Waals surface area contributed by atoms with E-state index in [4.69, 9.17) is 4.74 Å². The quantitative estimate of drug-likeness (QED) is 0.703. The summed E-state index contributed by atoms with van der Waals surface area (Å²) in [7, 11) is 2.10. The van der Waals surface area contributed by atoms with E-state index in [-0.39, 0.29) is 5.75 Å². The van der Waals surface area contributed by atoms with Gasteiger partial charge in [0, 0.05) is 12.6 Å². The van der Waals surface area contributed by atoms with E-state index in [2.05, 4.69) is 11.9 Å². The van der Waals surface area contributed by atoms with E-state index in [9.17, 15) is 13.2 Å². The standard InChI is InChI=1S/C17H24F3NO/c1-21(14-8-3-2-4-9-14)12-7-13-22-16-11-6-5-10-15(16)17(18,19)20/h5-6,10-11,14H,2-4,7-9,12-13H2,1H3. The molecule has 0 unspecified atom stereocenters. The Labute approximate surface area is 130 Å². The summed E-state index contributed by atoms with van der Waals surface area (Å²) >= 11 is 0. The van der Waals surface area contributed by atoms with Crippen molar-refractivity contribution in [1.82, 2.24) is 4.90 Å². The normalized spacial score (nSPS) is 17.0. The maximum atomic E-state index is 12.8. The second-order valence-electron chi connectivity index (χ2n) is 5.97. The number of halogens is 3. The molecule has 0 amide bonds. The molecule has 1 aromatic rings. The van der Waals surface area contributed by atoms with E-state index < -0.39 is 11.7 Å². The van der Waals surface area contributed by atoms with Crippen LogP contribution in [0.1, 0.15) is 44.1 Å². The van der Waals surface area contributed by atoms with Gasteiger partial charge in [-0.05, 0) is 38.4 Å². The van der Waals surface area contributed by atoms with Crippen LogP contribution in [0.5, 0.6) is 5.75 Å². The number of ether oxygens (including phenoxy) is 1. The lowest BCUT2D eigenvalue weighted by Gasteiger charge is -2.31. The van der Waals surface area contributed by atoms with Gasteiger partial charge in [-0.1, -0.05) is 31.4 Å². The lowest BCUT2D eigenvalue weighted by atomic mass is 9.94.